The molecule has 0 aromatic heterocycles. The highest BCUT2D eigenvalue weighted by molar-refractivity contribution is 5.97. The molecule has 0 aromatic rings. The second-order valence-corrected chi connectivity index (χ2v) is 4.55. The van der Waals surface area contributed by atoms with Crippen molar-refractivity contribution in [3.63, 3.8) is 0 Å². The monoisotopic (exact) mass is 284 g/mol. The third-order valence-corrected chi connectivity index (χ3v) is 3.12. The summed E-state index contributed by atoms with van der Waals surface area (Å²) in [6.45, 7) is 7.09. The smallest absolute Gasteiger partial charge is 0.134 e. The Hall–Kier alpha value is -1.69. The van der Waals surface area contributed by atoms with E-state index < -0.39 is 29.3 Å². The number of carbonyl (C=O) groups excluding carboxylic acids is 3. The zero-order chi connectivity index (χ0) is 15.8. The molecule has 0 spiro atoms. The Bertz CT molecular complexity index is 387. The molecule has 0 rings (SSSR count). The fraction of sp³-hybridized carbons (Fsp3) is 0.643. The number of hydrogen-bond acceptors (Lipinski definition) is 6. The lowest BCUT2D eigenvalue weighted by Gasteiger charge is -2.36. The molecule has 6 heteroatoms. The van der Waals surface area contributed by atoms with E-state index >= 15 is 0 Å². The number of aliphatic carboxylic acids is 2. The average molecular weight is 284 g/mol. The van der Waals surface area contributed by atoms with Gasteiger partial charge in [-0.15, -0.1) is 0 Å². The minimum Gasteiger partial charge on any atom is -0.549 e. The summed E-state index contributed by atoms with van der Waals surface area (Å²) in [5.41, 5.74) is -2.62. The van der Waals surface area contributed by atoms with Crippen LogP contribution in [0, 0.1) is 5.41 Å². The summed E-state index contributed by atoms with van der Waals surface area (Å²) in [5, 5.41) is 22.4. The Labute approximate surface area is 118 Å². The van der Waals surface area contributed by atoms with Crippen LogP contribution in [0.15, 0.2) is 12.2 Å². The van der Waals surface area contributed by atoms with Gasteiger partial charge in [-0.3, -0.25) is 4.79 Å². The molecule has 0 heterocycles. The van der Waals surface area contributed by atoms with Crippen LogP contribution in [0.4, 0.5) is 0 Å². The minimum atomic E-state index is -1.97. The van der Waals surface area contributed by atoms with Crippen LogP contribution < -0.4 is 10.2 Å². The van der Waals surface area contributed by atoms with E-state index in [1.165, 1.54) is 0 Å². The van der Waals surface area contributed by atoms with Crippen LogP contribution in [-0.4, -0.2) is 30.9 Å². The van der Waals surface area contributed by atoms with E-state index in [1.807, 2.05) is 0 Å². The van der Waals surface area contributed by atoms with Gasteiger partial charge in [-0.25, -0.2) is 0 Å². The van der Waals surface area contributed by atoms with Gasteiger partial charge in [-0.2, -0.15) is 0 Å². The summed E-state index contributed by atoms with van der Waals surface area (Å²) in [7, 11) is 0. The Morgan fingerprint density at radius 3 is 2.20 bits per heavy atom. The van der Waals surface area contributed by atoms with Gasteiger partial charge in [0.1, 0.15) is 5.78 Å². The SMILES string of the molecule is C=C(C(=O)[O-])C(CCOCC)(CC(=O)CCC)C(=O)[O-]. The van der Waals surface area contributed by atoms with Crippen molar-refractivity contribution < 1.29 is 29.3 Å². The standard InChI is InChI=1S/C14H22O6/c1-4-6-11(15)9-14(13(18)19,7-8-20-5-2)10(3)12(16)17/h3-9H2,1-2H3,(H,16,17)(H,18,19)/p-2. The summed E-state index contributed by atoms with van der Waals surface area (Å²) in [6, 6.07) is 0. The molecule has 0 fully saturated rings. The maximum atomic E-state index is 11.7. The Kier molecular flexibility index (Phi) is 7.76. The summed E-state index contributed by atoms with van der Waals surface area (Å²) in [4.78, 5) is 34.1. The first kappa shape index (κ1) is 18.3. The van der Waals surface area contributed by atoms with E-state index in [0.717, 1.165) is 0 Å². The first-order chi connectivity index (χ1) is 9.31. The van der Waals surface area contributed by atoms with Crippen molar-refractivity contribution >= 4 is 17.7 Å². The Morgan fingerprint density at radius 2 is 1.80 bits per heavy atom. The van der Waals surface area contributed by atoms with E-state index in [9.17, 15) is 24.6 Å². The van der Waals surface area contributed by atoms with Crippen LogP contribution in [0.3, 0.4) is 0 Å². The maximum Gasteiger partial charge on any atom is 0.134 e. The first-order valence-electron chi connectivity index (χ1n) is 6.53. The van der Waals surface area contributed by atoms with Gasteiger partial charge < -0.3 is 24.5 Å². The lowest BCUT2D eigenvalue weighted by Crippen LogP contribution is -2.49. The molecule has 114 valence electrons. The summed E-state index contributed by atoms with van der Waals surface area (Å²) < 4.78 is 5.05. The molecule has 0 bridgehead atoms. The molecule has 1 unspecified atom stereocenters. The fourth-order valence-corrected chi connectivity index (χ4v) is 1.93. The molecule has 20 heavy (non-hydrogen) atoms. The van der Waals surface area contributed by atoms with Crippen molar-refractivity contribution in [1.82, 2.24) is 0 Å². The number of ether oxygens (including phenoxy) is 1. The van der Waals surface area contributed by atoms with Crippen molar-refractivity contribution in [2.75, 3.05) is 13.2 Å². The number of rotatable bonds is 11. The van der Waals surface area contributed by atoms with Crippen molar-refractivity contribution in [2.45, 2.75) is 39.5 Å². The van der Waals surface area contributed by atoms with E-state index in [-0.39, 0.29) is 25.2 Å². The average Bonchev–Trinajstić information content (AvgIpc) is 2.36. The molecular weight excluding hydrogens is 264 g/mol. The van der Waals surface area contributed by atoms with Gasteiger partial charge in [-0.1, -0.05) is 13.5 Å². The number of carbonyl (C=O) groups is 3. The van der Waals surface area contributed by atoms with Crippen LogP contribution in [-0.2, 0) is 19.1 Å². The molecule has 0 aliphatic carbocycles. The molecule has 1 atom stereocenters. The molecular formula is C14H20O6-2. The third kappa shape index (κ3) is 4.77. The topological polar surface area (TPSA) is 107 Å². The maximum absolute atomic E-state index is 11.7. The molecule has 0 saturated heterocycles. The normalized spacial score (nSPS) is 13.5. The lowest BCUT2D eigenvalue weighted by molar-refractivity contribution is -0.322. The number of carboxylic acid groups (broad SMARTS) is 2. The fourth-order valence-electron chi connectivity index (χ4n) is 1.93. The number of hydrogen-bond donors (Lipinski definition) is 0. The van der Waals surface area contributed by atoms with Crippen molar-refractivity contribution in [2.24, 2.45) is 5.41 Å². The van der Waals surface area contributed by atoms with E-state index in [2.05, 4.69) is 6.58 Å². The van der Waals surface area contributed by atoms with Gasteiger partial charge in [0.25, 0.3) is 0 Å². The van der Waals surface area contributed by atoms with E-state index in [4.69, 9.17) is 4.74 Å². The van der Waals surface area contributed by atoms with Crippen LogP contribution in [0.2, 0.25) is 0 Å². The van der Waals surface area contributed by atoms with Crippen LogP contribution in [0.1, 0.15) is 39.5 Å². The van der Waals surface area contributed by atoms with Crippen molar-refractivity contribution in [1.29, 1.82) is 0 Å². The largest absolute Gasteiger partial charge is 0.549 e. The molecule has 0 N–H and O–H groups in total. The second-order valence-electron chi connectivity index (χ2n) is 4.55. The highest BCUT2D eigenvalue weighted by atomic mass is 16.5. The number of carboxylic acids is 2. The third-order valence-electron chi connectivity index (χ3n) is 3.12. The summed E-state index contributed by atoms with van der Waals surface area (Å²) in [6.07, 6.45) is 0.0592. The predicted molar refractivity (Wildman–Crippen MR) is 67.2 cm³/mol. The van der Waals surface area contributed by atoms with Crippen molar-refractivity contribution in [3.8, 4) is 0 Å². The van der Waals surface area contributed by atoms with E-state index in [1.54, 1.807) is 13.8 Å². The van der Waals surface area contributed by atoms with E-state index in [0.29, 0.717) is 13.0 Å². The van der Waals surface area contributed by atoms with Gasteiger partial charge in [0.2, 0.25) is 0 Å². The number of Topliss-reactive ketones (excluding diaryl/α,β-unsaturated/α-hetero) is 1. The first-order valence-corrected chi connectivity index (χ1v) is 6.53. The zero-order valence-electron chi connectivity index (χ0n) is 11.9. The van der Waals surface area contributed by atoms with Gasteiger partial charge >= 0.3 is 0 Å². The highest BCUT2D eigenvalue weighted by Crippen LogP contribution is 2.35. The molecule has 0 saturated carbocycles. The zero-order valence-corrected chi connectivity index (χ0v) is 11.9. The van der Waals surface area contributed by atoms with Crippen LogP contribution in [0.5, 0.6) is 0 Å². The summed E-state index contributed by atoms with van der Waals surface area (Å²) in [5.74, 6) is -3.69. The van der Waals surface area contributed by atoms with Crippen molar-refractivity contribution in [3.05, 3.63) is 12.2 Å². The Morgan fingerprint density at radius 1 is 1.20 bits per heavy atom. The van der Waals surface area contributed by atoms with Gasteiger partial charge in [0, 0.05) is 31.5 Å². The van der Waals surface area contributed by atoms with Crippen LogP contribution in [0.25, 0.3) is 0 Å². The van der Waals surface area contributed by atoms with Gasteiger partial charge in [-0.05, 0) is 25.3 Å². The minimum absolute atomic E-state index is 0.00378. The molecule has 0 aliphatic rings. The molecule has 0 amide bonds. The second kappa shape index (κ2) is 8.47. The van der Waals surface area contributed by atoms with Gasteiger partial charge in [0.15, 0.2) is 0 Å². The van der Waals surface area contributed by atoms with Gasteiger partial charge in [0.05, 0.1) is 11.9 Å². The highest BCUT2D eigenvalue weighted by Gasteiger charge is 2.37. The number of ketones is 1. The molecule has 0 aliphatic heterocycles. The van der Waals surface area contributed by atoms with Crippen LogP contribution >= 0.6 is 0 Å². The molecule has 6 nitrogen and oxygen atoms in total. The molecule has 0 aromatic carbocycles. The molecule has 0 radical (unpaired) electrons. The quantitative estimate of drug-likeness (QED) is 0.364. The Balaban J connectivity index is 5.33. The lowest BCUT2D eigenvalue weighted by atomic mass is 9.73. The predicted octanol–water partition coefficient (Wildman–Crippen LogP) is -0.785. The summed E-state index contributed by atoms with van der Waals surface area (Å²) >= 11 is 0.